The first-order chi connectivity index (χ1) is 1.00. The van der Waals surface area contributed by atoms with E-state index in [4.69, 9.17) is 3.08 Å². The fourth-order valence-electron chi connectivity index (χ4n) is 0. The molecule has 4 heavy (non-hydrogen) atoms. The third kappa shape index (κ3) is 8.94. The molecule has 0 bridgehead atoms. The van der Waals surface area contributed by atoms with Crippen LogP contribution in [0.25, 0.3) is 0 Å². The van der Waals surface area contributed by atoms with E-state index < -0.39 is 0 Å². The van der Waals surface area contributed by atoms with E-state index in [2.05, 4.69) is 0 Å². The minimum atomic E-state index is 0. The van der Waals surface area contributed by atoms with Gasteiger partial charge in [0, 0.05) is 19.5 Å². The van der Waals surface area contributed by atoms with Crippen molar-refractivity contribution in [2.45, 2.75) is 0 Å². The molecule has 0 aromatic carbocycles. The Morgan fingerprint density at radius 2 is 1.25 bits per heavy atom. The van der Waals surface area contributed by atoms with Gasteiger partial charge in [-0.25, -0.2) is 0 Å². The van der Waals surface area contributed by atoms with Crippen molar-refractivity contribution in [2.24, 2.45) is 0 Å². The van der Waals surface area contributed by atoms with Gasteiger partial charge in [-0.3, -0.25) is 0 Å². The van der Waals surface area contributed by atoms with Gasteiger partial charge in [-0.1, -0.05) is 0 Å². The molecule has 0 saturated carbocycles. The van der Waals surface area contributed by atoms with E-state index in [1.165, 1.54) is 0 Å². The van der Waals surface area contributed by atoms with E-state index in [0.29, 0.717) is 22.5 Å². The molecule has 0 aromatic heterocycles. The minimum Gasteiger partial charge on any atom is 0 e. The predicted molar refractivity (Wildman–Crippen MR) is 16.4 cm³/mol. The Morgan fingerprint density at radius 1 is 1.25 bits per heavy atom. The van der Waals surface area contributed by atoms with Gasteiger partial charge in [0.2, 0.25) is 0 Å². The molecule has 0 heterocycles. The molecule has 4 heteroatoms. The molecule has 0 aliphatic carbocycles. The number of hydrogen-bond acceptors (Lipinski definition) is 1. The van der Waals surface area contributed by atoms with E-state index in [1.807, 2.05) is 0 Å². The summed E-state index contributed by atoms with van der Waals surface area (Å²) in [6, 6.07) is 0. The van der Waals surface area contributed by atoms with E-state index >= 15 is 0 Å². The summed E-state index contributed by atoms with van der Waals surface area (Å²) in [5.74, 6) is 0. The molecule has 0 rings (SSSR count). The monoisotopic (exact) mass is 318 g/mol. The molecule has 0 atom stereocenters. The molecule has 18 valence electrons. The SMILES string of the molecule is [InH3].[O]=[Sn].[Zn]. The summed E-state index contributed by atoms with van der Waals surface area (Å²) in [5, 5.41) is 0. The normalized spacial score (nSPS) is 1.00. The van der Waals surface area contributed by atoms with Crippen LogP contribution in [-0.2, 0) is 22.6 Å². The molecule has 0 saturated heterocycles. The van der Waals surface area contributed by atoms with E-state index in [1.54, 1.807) is 0 Å². The largest absolute Gasteiger partial charge is 0 e. The summed E-state index contributed by atoms with van der Waals surface area (Å²) in [6.45, 7) is 0. The van der Waals surface area contributed by atoms with Crippen molar-refractivity contribution >= 4 is 48.4 Å². The van der Waals surface area contributed by atoms with Crippen LogP contribution in [0.15, 0.2) is 0 Å². The van der Waals surface area contributed by atoms with Crippen molar-refractivity contribution in [3.8, 4) is 0 Å². The van der Waals surface area contributed by atoms with Crippen LogP contribution < -0.4 is 0 Å². The van der Waals surface area contributed by atoms with Crippen LogP contribution in [0.2, 0.25) is 0 Å². The summed E-state index contributed by atoms with van der Waals surface area (Å²) in [6.07, 6.45) is 0. The predicted octanol–water partition coefficient (Wildman–Crippen LogP) is -1.69. The zero-order chi connectivity index (χ0) is 2.00. The maximum atomic E-state index is 8.34. The fraction of sp³-hybridized carbons (Fsp3) is 0. The van der Waals surface area contributed by atoms with Crippen LogP contribution in [0.1, 0.15) is 0 Å². The molecule has 1 nitrogen and oxygen atoms in total. The average Bonchev–Trinajstić information content (AvgIpc) is 1.00. The average molecular weight is 318 g/mol. The van der Waals surface area contributed by atoms with Gasteiger partial charge in [-0.05, 0) is 0 Å². The molecule has 0 amide bonds. The second-order valence-electron chi connectivity index (χ2n) is 0. The molecule has 0 aliphatic rings. The van der Waals surface area contributed by atoms with Gasteiger partial charge >= 0.3 is 51.4 Å². The fourth-order valence-corrected chi connectivity index (χ4v) is 0. The molecule has 0 unspecified atom stereocenters. The van der Waals surface area contributed by atoms with Crippen LogP contribution in [0.4, 0.5) is 0 Å². The summed E-state index contributed by atoms with van der Waals surface area (Å²) in [5.41, 5.74) is 0. The molecule has 0 spiro atoms. The van der Waals surface area contributed by atoms with E-state index in [0.717, 1.165) is 0 Å². The van der Waals surface area contributed by atoms with Gasteiger partial charge in [0.05, 0.1) is 0 Å². The van der Waals surface area contributed by atoms with E-state index in [-0.39, 0.29) is 45.3 Å². The van der Waals surface area contributed by atoms with E-state index in [9.17, 15) is 0 Å². The molecule has 0 fully saturated rings. The minimum absolute atomic E-state index is 0. The molecule has 0 aliphatic heterocycles. The van der Waals surface area contributed by atoms with Gasteiger partial charge in [-0.15, -0.1) is 0 Å². The maximum Gasteiger partial charge on any atom is 0 e. The molecular formula is H3InOSnZn. The molecular weight excluding hydrogens is 315 g/mol. The number of rotatable bonds is 0. The molecule has 0 aromatic rings. The smallest absolute Gasteiger partial charge is 0 e. The third-order valence-corrected chi connectivity index (χ3v) is 0. The first-order valence-electron chi connectivity index (χ1n) is 0.204. The van der Waals surface area contributed by atoms with Crippen LogP contribution in [0.3, 0.4) is 0 Å². The number of hydrogen-bond donors (Lipinski definition) is 0. The van der Waals surface area contributed by atoms with Crippen LogP contribution >= 0.6 is 0 Å². The Labute approximate surface area is 69.9 Å². The molecule has 0 N–H and O–H groups in total. The topological polar surface area (TPSA) is 17.1 Å². The third-order valence-electron chi connectivity index (χ3n) is 0. The summed E-state index contributed by atoms with van der Waals surface area (Å²) in [4.78, 5) is 0. The van der Waals surface area contributed by atoms with Crippen LogP contribution in [-0.4, -0.2) is 48.4 Å². The first kappa shape index (κ1) is 16.5. The van der Waals surface area contributed by atoms with Crippen molar-refractivity contribution < 1.29 is 22.6 Å². The Hall–Kier alpha value is 2.09. The summed E-state index contributed by atoms with van der Waals surface area (Å²) < 4.78 is 8.34. The Balaban J connectivity index is -0.00000000500. The summed E-state index contributed by atoms with van der Waals surface area (Å²) in [7, 11) is 0. The Morgan fingerprint density at radius 3 is 1.25 bits per heavy atom. The zero-order valence-electron chi connectivity index (χ0n) is 1.62. The Kier molecular flexibility index (Phi) is 80.5. The van der Waals surface area contributed by atoms with Gasteiger partial charge in [0.25, 0.3) is 0 Å². The van der Waals surface area contributed by atoms with Gasteiger partial charge < -0.3 is 0 Å². The van der Waals surface area contributed by atoms with Crippen LogP contribution in [0, 0.1) is 0 Å². The van der Waals surface area contributed by atoms with Crippen molar-refractivity contribution in [3.05, 3.63) is 0 Å². The Bertz CT molecular complexity index is 8.00. The maximum absolute atomic E-state index is 8.34. The van der Waals surface area contributed by atoms with Crippen molar-refractivity contribution in [2.75, 3.05) is 0 Å². The molecule has 2 radical (unpaired) electrons. The van der Waals surface area contributed by atoms with Gasteiger partial charge in [0.1, 0.15) is 0 Å². The van der Waals surface area contributed by atoms with Gasteiger partial charge in [-0.2, -0.15) is 0 Å². The van der Waals surface area contributed by atoms with Crippen LogP contribution in [0.5, 0.6) is 0 Å². The van der Waals surface area contributed by atoms with Crippen molar-refractivity contribution in [1.82, 2.24) is 0 Å². The second kappa shape index (κ2) is 19.5. The zero-order valence-corrected chi connectivity index (χ0v) is 7.44. The van der Waals surface area contributed by atoms with Crippen molar-refractivity contribution in [3.63, 3.8) is 0 Å². The summed E-state index contributed by atoms with van der Waals surface area (Å²) >= 11 is 0.300. The standard InChI is InChI=1S/In.O.Sn.Zn.3H. The second-order valence-corrected chi connectivity index (χ2v) is 0. The first-order valence-corrected chi connectivity index (χ1v) is 1.37. The quantitative estimate of drug-likeness (QED) is 0.488. The van der Waals surface area contributed by atoms with Gasteiger partial charge in [0.15, 0.2) is 0 Å². The van der Waals surface area contributed by atoms with Crippen molar-refractivity contribution in [1.29, 1.82) is 0 Å².